The third-order valence-corrected chi connectivity index (χ3v) is 2.13. The highest BCUT2D eigenvalue weighted by Gasteiger charge is 2.05. The largest absolute Gasteiger partial charge is 0.490 e. The van der Waals surface area contributed by atoms with Crippen molar-refractivity contribution in [3.63, 3.8) is 0 Å². The van der Waals surface area contributed by atoms with E-state index in [1.807, 2.05) is 0 Å². The zero-order valence-corrected chi connectivity index (χ0v) is 9.78. The molecule has 1 unspecified atom stereocenters. The molecule has 17 heavy (non-hydrogen) atoms. The number of benzene rings is 1. The molecule has 4 nitrogen and oxygen atoms in total. The molecule has 0 aromatic heterocycles. The number of carbonyl (C=O) groups excluding carboxylic acids is 1. The number of rotatable bonds is 6. The monoisotopic (exact) mass is 240 g/mol. The fraction of sp³-hybridized carbons (Fsp3) is 0.417. The van der Waals surface area contributed by atoms with E-state index in [4.69, 9.17) is 10.5 Å². The second-order valence-electron chi connectivity index (χ2n) is 3.71. The van der Waals surface area contributed by atoms with Gasteiger partial charge in [-0.3, -0.25) is 4.79 Å². The lowest BCUT2D eigenvalue weighted by atomic mass is 10.3. The lowest BCUT2D eigenvalue weighted by molar-refractivity contribution is -0.121. The SMILES string of the molecule is CC(N)C(=O)NCCCOc1ccccc1F. The van der Waals surface area contributed by atoms with Crippen LogP contribution < -0.4 is 15.8 Å². The number of nitrogens with one attached hydrogen (secondary N) is 1. The maximum absolute atomic E-state index is 13.1. The van der Waals surface area contributed by atoms with Gasteiger partial charge in [-0.05, 0) is 25.5 Å². The van der Waals surface area contributed by atoms with Crippen molar-refractivity contribution in [1.29, 1.82) is 0 Å². The number of para-hydroxylation sites is 1. The van der Waals surface area contributed by atoms with Crippen LogP contribution in [-0.4, -0.2) is 25.1 Å². The molecule has 0 spiro atoms. The minimum Gasteiger partial charge on any atom is -0.490 e. The Hall–Kier alpha value is -1.62. The Kier molecular flexibility index (Phi) is 5.42. The first kappa shape index (κ1) is 13.4. The number of amides is 1. The van der Waals surface area contributed by atoms with Gasteiger partial charge in [-0.25, -0.2) is 4.39 Å². The third kappa shape index (κ3) is 4.82. The summed E-state index contributed by atoms with van der Waals surface area (Å²) in [4.78, 5) is 11.1. The van der Waals surface area contributed by atoms with E-state index in [1.54, 1.807) is 25.1 Å². The molecule has 1 aromatic rings. The smallest absolute Gasteiger partial charge is 0.236 e. The van der Waals surface area contributed by atoms with Gasteiger partial charge in [-0.15, -0.1) is 0 Å². The zero-order chi connectivity index (χ0) is 12.7. The van der Waals surface area contributed by atoms with E-state index in [-0.39, 0.29) is 17.5 Å². The van der Waals surface area contributed by atoms with Crippen molar-refractivity contribution in [1.82, 2.24) is 5.32 Å². The molecule has 1 aromatic carbocycles. The molecule has 1 amide bonds. The minimum atomic E-state index is -0.512. The van der Waals surface area contributed by atoms with Gasteiger partial charge >= 0.3 is 0 Å². The number of hydrogen-bond donors (Lipinski definition) is 2. The third-order valence-electron chi connectivity index (χ3n) is 2.13. The second kappa shape index (κ2) is 6.85. The number of nitrogens with two attached hydrogens (primary N) is 1. The molecule has 0 bridgehead atoms. The van der Waals surface area contributed by atoms with Crippen molar-refractivity contribution in [3.05, 3.63) is 30.1 Å². The number of carbonyl (C=O) groups is 1. The van der Waals surface area contributed by atoms with Crippen molar-refractivity contribution >= 4 is 5.91 Å². The molecule has 0 aliphatic rings. The molecule has 1 rings (SSSR count). The Balaban J connectivity index is 2.17. The normalized spacial score (nSPS) is 11.9. The maximum atomic E-state index is 13.1. The number of halogens is 1. The van der Waals surface area contributed by atoms with E-state index < -0.39 is 6.04 Å². The lowest BCUT2D eigenvalue weighted by Gasteiger charge is -2.09. The standard InChI is InChI=1S/C12H17FN2O2/c1-9(14)12(16)15-7-4-8-17-11-6-3-2-5-10(11)13/h2-3,5-6,9H,4,7-8,14H2,1H3,(H,15,16). The average Bonchev–Trinajstić information content (AvgIpc) is 2.30. The van der Waals surface area contributed by atoms with Crippen molar-refractivity contribution in [3.8, 4) is 5.75 Å². The summed E-state index contributed by atoms with van der Waals surface area (Å²) < 4.78 is 18.3. The molecule has 5 heteroatoms. The lowest BCUT2D eigenvalue weighted by Crippen LogP contribution is -2.38. The summed E-state index contributed by atoms with van der Waals surface area (Å²) in [5.41, 5.74) is 5.37. The molecule has 0 heterocycles. The number of hydrogen-bond acceptors (Lipinski definition) is 3. The Morgan fingerprint density at radius 1 is 1.53 bits per heavy atom. The predicted octanol–water partition coefficient (Wildman–Crippen LogP) is 1.06. The van der Waals surface area contributed by atoms with Gasteiger partial charge in [0.2, 0.25) is 5.91 Å². The van der Waals surface area contributed by atoms with E-state index in [9.17, 15) is 9.18 Å². The van der Waals surface area contributed by atoms with Gasteiger partial charge in [0.05, 0.1) is 12.6 Å². The van der Waals surface area contributed by atoms with Crippen molar-refractivity contribution in [2.24, 2.45) is 5.73 Å². The molecule has 0 aliphatic carbocycles. The Labute approximate surface area is 100.0 Å². The van der Waals surface area contributed by atoms with E-state index in [1.165, 1.54) is 6.07 Å². The van der Waals surface area contributed by atoms with Crippen molar-refractivity contribution in [2.45, 2.75) is 19.4 Å². The summed E-state index contributed by atoms with van der Waals surface area (Å²) in [6.07, 6.45) is 0.604. The molecule has 0 fully saturated rings. The van der Waals surface area contributed by atoms with Crippen molar-refractivity contribution < 1.29 is 13.9 Å². The zero-order valence-electron chi connectivity index (χ0n) is 9.78. The maximum Gasteiger partial charge on any atom is 0.236 e. The molecule has 0 radical (unpaired) electrons. The first-order chi connectivity index (χ1) is 8.11. The molecule has 3 N–H and O–H groups in total. The van der Waals surface area contributed by atoms with Crippen LogP contribution in [0.25, 0.3) is 0 Å². The van der Waals surface area contributed by atoms with Gasteiger partial charge < -0.3 is 15.8 Å². The molecule has 0 aliphatic heterocycles. The fourth-order valence-electron chi connectivity index (χ4n) is 1.19. The summed E-state index contributed by atoms with van der Waals surface area (Å²) in [7, 11) is 0. The molecule has 0 saturated heterocycles. The second-order valence-corrected chi connectivity index (χ2v) is 3.71. The average molecular weight is 240 g/mol. The summed E-state index contributed by atoms with van der Waals surface area (Å²) in [6.45, 7) is 2.43. The topological polar surface area (TPSA) is 64.4 Å². The first-order valence-electron chi connectivity index (χ1n) is 5.52. The number of ether oxygens (including phenoxy) is 1. The quantitative estimate of drug-likeness (QED) is 0.731. The van der Waals surface area contributed by atoms with Gasteiger partial charge in [0.25, 0.3) is 0 Å². The Bertz CT molecular complexity index is 369. The molecule has 0 saturated carbocycles. The summed E-state index contributed by atoms with van der Waals surface area (Å²) in [5, 5.41) is 2.65. The summed E-state index contributed by atoms with van der Waals surface area (Å²) >= 11 is 0. The predicted molar refractivity (Wildman–Crippen MR) is 63.2 cm³/mol. The Morgan fingerprint density at radius 3 is 2.88 bits per heavy atom. The molecule has 1 atom stereocenters. The van der Waals surface area contributed by atoms with Crippen LogP contribution in [0.2, 0.25) is 0 Å². The van der Waals surface area contributed by atoms with Crippen LogP contribution in [0.1, 0.15) is 13.3 Å². The Morgan fingerprint density at radius 2 is 2.24 bits per heavy atom. The van der Waals surface area contributed by atoms with Crippen LogP contribution in [-0.2, 0) is 4.79 Å². The van der Waals surface area contributed by atoms with Crippen LogP contribution in [0.5, 0.6) is 5.75 Å². The molecular weight excluding hydrogens is 223 g/mol. The van der Waals surface area contributed by atoms with Gasteiger partial charge in [0.1, 0.15) is 0 Å². The highest BCUT2D eigenvalue weighted by molar-refractivity contribution is 5.80. The van der Waals surface area contributed by atoms with Crippen LogP contribution in [0.4, 0.5) is 4.39 Å². The minimum absolute atomic E-state index is 0.198. The highest BCUT2D eigenvalue weighted by atomic mass is 19.1. The van der Waals surface area contributed by atoms with Gasteiger partial charge in [-0.2, -0.15) is 0 Å². The molecular formula is C12H17FN2O2. The summed E-state index contributed by atoms with van der Waals surface area (Å²) in [6, 6.07) is 5.70. The van der Waals surface area contributed by atoms with Gasteiger partial charge in [0, 0.05) is 6.54 Å². The fourth-order valence-corrected chi connectivity index (χ4v) is 1.19. The highest BCUT2D eigenvalue weighted by Crippen LogP contribution is 2.15. The van der Waals surface area contributed by atoms with Crippen LogP contribution in [0.15, 0.2) is 24.3 Å². The van der Waals surface area contributed by atoms with Crippen molar-refractivity contribution in [2.75, 3.05) is 13.2 Å². The van der Waals surface area contributed by atoms with Crippen LogP contribution >= 0.6 is 0 Å². The van der Waals surface area contributed by atoms with Crippen LogP contribution in [0, 0.1) is 5.82 Å². The molecule has 94 valence electrons. The van der Waals surface area contributed by atoms with E-state index in [0.29, 0.717) is 19.6 Å². The van der Waals surface area contributed by atoms with E-state index >= 15 is 0 Å². The van der Waals surface area contributed by atoms with Gasteiger partial charge in [0.15, 0.2) is 11.6 Å². The van der Waals surface area contributed by atoms with Gasteiger partial charge in [-0.1, -0.05) is 12.1 Å². The van der Waals surface area contributed by atoms with E-state index in [0.717, 1.165) is 0 Å². The summed E-state index contributed by atoms with van der Waals surface area (Å²) in [5.74, 6) is -0.353. The first-order valence-corrected chi connectivity index (χ1v) is 5.52. The van der Waals surface area contributed by atoms with Crippen LogP contribution in [0.3, 0.4) is 0 Å². The van der Waals surface area contributed by atoms with E-state index in [2.05, 4.69) is 5.32 Å².